The average Bonchev–Trinajstić information content (AvgIpc) is 2.65. The molecule has 0 N–H and O–H groups in total. The summed E-state index contributed by atoms with van der Waals surface area (Å²) in [6.45, 7) is 11.4. The van der Waals surface area contributed by atoms with E-state index < -0.39 is 0 Å². The lowest BCUT2D eigenvalue weighted by Crippen LogP contribution is -2.58. The highest BCUT2D eigenvalue weighted by Crippen LogP contribution is 2.71. The number of hydrogen-bond acceptors (Lipinski definition) is 1. The van der Waals surface area contributed by atoms with E-state index in [2.05, 4.69) is 27.4 Å². The molecule has 0 aromatic carbocycles. The van der Waals surface area contributed by atoms with Crippen LogP contribution in [0, 0.1) is 34.0 Å². The van der Waals surface area contributed by atoms with Gasteiger partial charge in [-0.15, -0.1) is 0 Å². The van der Waals surface area contributed by atoms with E-state index in [1.807, 2.05) is 0 Å². The van der Waals surface area contributed by atoms with Crippen molar-refractivity contribution in [2.24, 2.45) is 34.0 Å². The second kappa shape index (κ2) is 4.03. The summed E-state index contributed by atoms with van der Waals surface area (Å²) in [7, 11) is 0. The summed E-state index contributed by atoms with van der Waals surface area (Å²) >= 11 is 0. The van der Waals surface area contributed by atoms with E-state index in [1.165, 1.54) is 38.5 Å². The maximum Gasteiger partial charge on any atom is 0.138 e. The largest absolute Gasteiger partial charge is 0.299 e. The van der Waals surface area contributed by atoms with E-state index in [1.54, 1.807) is 5.57 Å². The number of allylic oxidation sites excluding steroid dienone is 1. The first-order valence-corrected chi connectivity index (χ1v) is 9.01. The molecule has 0 aromatic heterocycles. The van der Waals surface area contributed by atoms with Crippen molar-refractivity contribution >= 4 is 5.78 Å². The summed E-state index contributed by atoms with van der Waals surface area (Å²) in [5, 5.41) is 0. The van der Waals surface area contributed by atoms with Crippen LogP contribution in [0.5, 0.6) is 0 Å². The van der Waals surface area contributed by atoms with Crippen LogP contribution in [0.25, 0.3) is 0 Å². The van der Waals surface area contributed by atoms with Crippen molar-refractivity contribution in [1.29, 1.82) is 0 Å². The molecule has 0 aliphatic heterocycles. The fourth-order valence-corrected chi connectivity index (χ4v) is 7.38. The molecule has 2 bridgehead atoms. The van der Waals surface area contributed by atoms with E-state index in [0.717, 1.165) is 24.7 Å². The van der Waals surface area contributed by atoms with Gasteiger partial charge in [0.05, 0.1) is 0 Å². The Hall–Kier alpha value is -0.590. The Kier molecular flexibility index (Phi) is 2.69. The van der Waals surface area contributed by atoms with Gasteiger partial charge in [-0.1, -0.05) is 32.9 Å². The Morgan fingerprint density at radius 1 is 1.05 bits per heavy atom. The van der Waals surface area contributed by atoms with Crippen LogP contribution in [0.3, 0.4) is 0 Å². The standard InChI is InChI=1S/C20H30O/c1-13-11-20-10-7-15-18(2,3)17(21)8-9-19(15,4)16(20)6-5-14(13)12-20/h14-16H,1,5-12H2,2-4H3/t14-,15-,16+,19-,20-/m0/s1. The SMILES string of the molecule is C=C1C[C@]23CC[C@H]4C(C)(C)C(=O)CC[C@]4(C)[C@H]2CC[C@H]1C3. The molecule has 4 fully saturated rings. The minimum atomic E-state index is -0.0962. The number of rotatable bonds is 0. The van der Waals surface area contributed by atoms with Crippen LogP contribution >= 0.6 is 0 Å². The van der Waals surface area contributed by atoms with Crippen LogP contribution in [0.15, 0.2) is 12.2 Å². The van der Waals surface area contributed by atoms with Crippen molar-refractivity contribution < 1.29 is 4.79 Å². The molecule has 116 valence electrons. The van der Waals surface area contributed by atoms with Crippen LogP contribution in [0.1, 0.15) is 72.1 Å². The lowest BCUT2D eigenvalue weighted by molar-refractivity contribution is -0.165. The molecule has 0 heterocycles. The first-order chi connectivity index (χ1) is 9.80. The molecule has 4 aliphatic rings. The van der Waals surface area contributed by atoms with Gasteiger partial charge in [0, 0.05) is 11.8 Å². The maximum atomic E-state index is 12.5. The Bertz CT molecular complexity index is 516. The Balaban J connectivity index is 1.75. The lowest BCUT2D eigenvalue weighted by atomic mass is 9.41. The molecule has 0 unspecified atom stereocenters. The summed E-state index contributed by atoms with van der Waals surface area (Å²) in [4.78, 5) is 12.5. The van der Waals surface area contributed by atoms with Crippen molar-refractivity contribution in [2.75, 3.05) is 0 Å². The number of carbonyl (C=O) groups is 1. The number of hydrogen-bond donors (Lipinski definition) is 0. The van der Waals surface area contributed by atoms with E-state index in [4.69, 9.17) is 0 Å². The predicted molar refractivity (Wildman–Crippen MR) is 85.9 cm³/mol. The molecule has 1 nitrogen and oxygen atoms in total. The quantitative estimate of drug-likeness (QED) is 0.562. The Morgan fingerprint density at radius 2 is 1.81 bits per heavy atom. The van der Waals surface area contributed by atoms with Crippen molar-refractivity contribution in [3.05, 3.63) is 12.2 Å². The molecule has 21 heavy (non-hydrogen) atoms. The van der Waals surface area contributed by atoms with Gasteiger partial charge in [-0.3, -0.25) is 4.79 Å². The molecule has 4 saturated carbocycles. The molecule has 1 spiro atoms. The van der Waals surface area contributed by atoms with Gasteiger partial charge < -0.3 is 0 Å². The van der Waals surface area contributed by atoms with Crippen molar-refractivity contribution in [3.63, 3.8) is 0 Å². The summed E-state index contributed by atoms with van der Waals surface area (Å²) in [5.74, 6) is 2.78. The average molecular weight is 286 g/mol. The number of carbonyl (C=O) groups excluding carboxylic acids is 1. The van der Waals surface area contributed by atoms with Crippen molar-refractivity contribution in [1.82, 2.24) is 0 Å². The van der Waals surface area contributed by atoms with Crippen LogP contribution < -0.4 is 0 Å². The monoisotopic (exact) mass is 286 g/mol. The molecular weight excluding hydrogens is 256 g/mol. The normalized spacial score (nSPS) is 51.5. The number of ketones is 1. The third-order valence-corrected chi connectivity index (χ3v) is 8.36. The van der Waals surface area contributed by atoms with E-state index in [9.17, 15) is 4.79 Å². The van der Waals surface area contributed by atoms with E-state index in [0.29, 0.717) is 22.5 Å². The van der Waals surface area contributed by atoms with E-state index in [-0.39, 0.29) is 5.41 Å². The molecular formula is C20H30O. The van der Waals surface area contributed by atoms with Gasteiger partial charge in [-0.05, 0) is 73.5 Å². The van der Waals surface area contributed by atoms with Gasteiger partial charge in [0.15, 0.2) is 0 Å². The Labute approximate surface area is 129 Å². The third-order valence-electron chi connectivity index (χ3n) is 8.36. The van der Waals surface area contributed by atoms with E-state index >= 15 is 0 Å². The van der Waals surface area contributed by atoms with Gasteiger partial charge in [0.25, 0.3) is 0 Å². The molecule has 0 saturated heterocycles. The minimum absolute atomic E-state index is 0.0962. The fourth-order valence-electron chi connectivity index (χ4n) is 7.38. The number of fused-ring (bicyclic) bond motifs is 3. The minimum Gasteiger partial charge on any atom is -0.299 e. The molecule has 0 aromatic rings. The second-order valence-corrected chi connectivity index (χ2v) is 9.47. The maximum absolute atomic E-state index is 12.5. The van der Waals surface area contributed by atoms with Gasteiger partial charge in [0.1, 0.15) is 5.78 Å². The van der Waals surface area contributed by atoms with Crippen molar-refractivity contribution in [3.8, 4) is 0 Å². The molecule has 4 rings (SSSR count). The van der Waals surface area contributed by atoms with Crippen LogP contribution in [-0.2, 0) is 4.79 Å². The second-order valence-electron chi connectivity index (χ2n) is 9.47. The topological polar surface area (TPSA) is 17.1 Å². The smallest absolute Gasteiger partial charge is 0.138 e. The summed E-state index contributed by atoms with van der Waals surface area (Å²) < 4.78 is 0. The van der Waals surface area contributed by atoms with Gasteiger partial charge in [0.2, 0.25) is 0 Å². The van der Waals surface area contributed by atoms with Crippen LogP contribution in [0.2, 0.25) is 0 Å². The molecule has 0 amide bonds. The molecule has 5 atom stereocenters. The van der Waals surface area contributed by atoms with Crippen LogP contribution in [-0.4, -0.2) is 5.78 Å². The summed E-state index contributed by atoms with van der Waals surface area (Å²) in [6, 6.07) is 0. The zero-order valence-corrected chi connectivity index (χ0v) is 14.0. The summed E-state index contributed by atoms with van der Waals surface area (Å²) in [5.41, 5.74) is 2.40. The summed E-state index contributed by atoms with van der Waals surface area (Å²) in [6.07, 6.45) is 10.0. The predicted octanol–water partition coefficient (Wildman–Crippen LogP) is 5.15. The highest BCUT2D eigenvalue weighted by Gasteiger charge is 2.64. The first kappa shape index (κ1) is 14.0. The first-order valence-electron chi connectivity index (χ1n) is 9.01. The molecule has 1 heteroatoms. The molecule has 4 aliphatic carbocycles. The van der Waals surface area contributed by atoms with Gasteiger partial charge in [-0.2, -0.15) is 0 Å². The zero-order valence-electron chi connectivity index (χ0n) is 14.0. The van der Waals surface area contributed by atoms with Crippen LogP contribution in [0.4, 0.5) is 0 Å². The molecule has 0 radical (unpaired) electrons. The zero-order chi connectivity index (χ0) is 15.0. The Morgan fingerprint density at radius 3 is 2.57 bits per heavy atom. The van der Waals surface area contributed by atoms with Gasteiger partial charge >= 0.3 is 0 Å². The highest BCUT2D eigenvalue weighted by atomic mass is 16.1. The van der Waals surface area contributed by atoms with Gasteiger partial charge in [-0.25, -0.2) is 0 Å². The van der Waals surface area contributed by atoms with Crippen molar-refractivity contribution in [2.45, 2.75) is 72.1 Å². The lowest BCUT2D eigenvalue weighted by Gasteiger charge is -2.63. The fraction of sp³-hybridized carbons (Fsp3) is 0.850. The number of Topliss-reactive ketones (excluding diaryl/α,β-unsaturated/α-hetero) is 1. The highest BCUT2D eigenvalue weighted by molar-refractivity contribution is 5.85. The third kappa shape index (κ3) is 1.61.